The van der Waals surface area contributed by atoms with E-state index in [0.717, 1.165) is 39.1 Å². The van der Waals surface area contributed by atoms with Gasteiger partial charge in [-0.25, -0.2) is 0 Å². The maximum Gasteiger partial charge on any atom is 0.237 e. The summed E-state index contributed by atoms with van der Waals surface area (Å²) in [5, 5.41) is 3.08. The topological polar surface area (TPSA) is 41.6 Å². The molecule has 0 aromatic carbocycles. The Bertz CT molecular complexity index is 188. The quantitative estimate of drug-likeness (QED) is 0.621. The van der Waals surface area contributed by atoms with Crippen molar-refractivity contribution in [2.75, 3.05) is 26.4 Å². The van der Waals surface area contributed by atoms with Crippen molar-refractivity contribution in [2.45, 2.75) is 25.3 Å². The Kier molecular flexibility index (Phi) is 2.80. The number of rotatable bonds is 1. The Labute approximate surface area is 78.2 Å². The second-order valence-electron chi connectivity index (χ2n) is 3.65. The first-order valence-corrected chi connectivity index (χ1v) is 4.96. The molecule has 2 aliphatic rings. The fourth-order valence-electron chi connectivity index (χ4n) is 2.00. The summed E-state index contributed by atoms with van der Waals surface area (Å²) in [6, 6.07) is 0.407. The van der Waals surface area contributed by atoms with Crippen LogP contribution in [-0.2, 0) is 9.53 Å². The zero-order valence-electron chi connectivity index (χ0n) is 7.79. The van der Waals surface area contributed by atoms with E-state index in [1.54, 1.807) is 0 Å². The molecule has 0 bridgehead atoms. The van der Waals surface area contributed by atoms with Crippen LogP contribution in [0.1, 0.15) is 19.3 Å². The number of hydrogen-bond acceptors (Lipinski definition) is 3. The first-order chi connectivity index (χ1) is 6.38. The highest BCUT2D eigenvalue weighted by molar-refractivity contribution is 5.80. The van der Waals surface area contributed by atoms with Crippen LogP contribution in [0, 0.1) is 0 Å². The molecule has 13 heavy (non-hydrogen) atoms. The minimum absolute atomic E-state index is 0.243. The molecule has 1 atom stereocenters. The summed E-state index contributed by atoms with van der Waals surface area (Å²) < 4.78 is 5.36. The second-order valence-corrected chi connectivity index (χ2v) is 3.65. The summed E-state index contributed by atoms with van der Waals surface area (Å²) in [4.78, 5) is 13.4. The van der Waals surface area contributed by atoms with E-state index < -0.39 is 0 Å². The van der Waals surface area contributed by atoms with Gasteiger partial charge in [0.25, 0.3) is 0 Å². The standard InChI is InChI=1S/C9H16N2O2/c12-9-6-10-7-11(9)8-2-1-4-13-5-3-8/h8,10H,1-7H2. The summed E-state index contributed by atoms with van der Waals surface area (Å²) in [6.45, 7) is 2.89. The van der Waals surface area contributed by atoms with Gasteiger partial charge in [-0.2, -0.15) is 0 Å². The highest BCUT2D eigenvalue weighted by Crippen LogP contribution is 2.16. The number of carbonyl (C=O) groups excluding carboxylic acids is 1. The average molecular weight is 184 g/mol. The van der Waals surface area contributed by atoms with Crippen LogP contribution < -0.4 is 5.32 Å². The molecule has 0 aromatic rings. The van der Waals surface area contributed by atoms with E-state index in [1.807, 2.05) is 4.90 Å². The van der Waals surface area contributed by atoms with Crippen molar-refractivity contribution in [3.8, 4) is 0 Å². The molecule has 74 valence electrons. The van der Waals surface area contributed by atoms with Gasteiger partial charge in [-0.3, -0.25) is 10.1 Å². The van der Waals surface area contributed by atoms with Gasteiger partial charge in [0, 0.05) is 19.3 Å². The molecular formula is C9H16N2O2. The highest BCUT2D eigenvalue weighted by Gasteiger charge is 2.27. The van der Waals surface area contributed by atoms with Gasteiger partial charge in [0.1, 0.15) is 0 Å². The zero-order chi connectivity index (χ0) is 9.10. The van der Waals surface area contributed by atoms with Crippen LogP contribution >= 0.6 is 0 Å². The van der Waals surface area contributed by atoms with Crippen LogP contribution in [0.2, 0.25) is 0 Å². The van der Waals surface area contributed by atoms with Crippen LogP contribution in [0.3, 0.4) is 0 Å². The third-order valence-corrected chi connectivity index (χ3v) is 2.74. The molecule has 2 rings (SSSR count). The van der Waals surface area contributed by atoms with Crippen molar-refractivity contribution in [3.63, 3.8) is 0 Å². The van der Waals surface area contributed by atoms with E-state index >= 15 is 0 Å². The summed E-state index contributed by atoms with van der Waals surface area (Å²) in [5.74, 6) is 0.243. The van der Waals surface area contributed by atoms with Crippen molar-refractivity contribution in [3.05, 3.63) is 0 Å². The number of carbonyl (C=O) groups is 1. The van der Waals surface area contributed by atoms with Gasteiger partial charge in [0.2, 0.25) is 5.91 Å². The van der Waals surface area contributed by atoms with Crippen LogP contribution in [0.25, 0.3) is 0 Å². The van der Waals surface area contributed by atoms with E-state index in [2.05, 4.69) is 5.32 Å². The highest BCUT2D eigenvalue weighted by atomic mass is 16.5. The molecule has 2 saturated heterocycles. The number of nitrogens with zero attached hydrogens (tertiary/aromatic N) is 1. The monoisotopic (exact) mass is 184 g/mol. The van der Waals surface area contributed by atoms with E-state index in [0.29, 0.717) is 12.6 Å². The van der Waals surface area contributed by atoms with E-state index in [-0.39, 0.29) is 5.91 Å². The fraction of sp³-hybridized carbons (Fsp3) is 0.889. The smallest absolute Gasteiger partial charge is 0.237 e. The molecule has 0 aromatic heterocycles. The third kappa shape index (κ3) is 2.00. The predicted molar refractivity (Wildman–Crippen MR) is 48.2 cm³/mol. The molecule has 1 N–H and O–H groups in total. The van der Waals surface area contributed by atoms with Gasteiger partial charge >= 0.3 is 0 Å². The molecule has 2 heterocycles. The zero-order valence-corrected chi connectivity index (χ0v) is 7.79. The molecule has 2 aliphatic heterocycles. The van der Waals surface area contributed by atoms with Gasteiger partial charge in [-0.05, 0) is 19.3 Å². The fourth-order valence-corrected chi connectivity index (χ4v) is 2.00. The Hall–Kier alpha value is -0.610. The lowest BCUT2D eigenvalue weighted by atomic mass is 10.1. The average Bonchev–Trinajstić information content (AvgIpc) is 2.43. The van der Waals surface area contributed by atoms with Crippen LogP contribution in [0.15, 0.2) is 0 Å². The molecular weight excluding hydrogens is 168 g/mol. The van der Waals surface area contributed by atoms with Crippen molar-refractivity contribution in [1.82, 2.24) is 10.2 Å². The van der Waals surface area contributed by atoms with Crippen LogP contribution in [0.5, 0.6) is 0 Å². The van der Waals surface area contributed by atoms with Gasteiger partial charge in [-0.15, -0.1) is 0 Å². The number of amides is 1. The minimum atomic E-state index is 0.243. The molecule has 1 amide bonds. The normalized spacial score (nSPS) is 30.6. The van der Waals surface area contributed by atoms with Crippen molar-refractivity contribution in [1.29, 1.82) is 0 Å². The molecule has 2 fully saturated rings. The lowest BCUT2D eigenvalue weighted by Gasteiger charge is -2.25. The van der Waals surface area contributed by atoms with E-state index in [4.69, 9.17) is 4.74 Å². The van der Waals surface area contributed by atoms with E-state index in [1.165, 1.54) is 0 Å². The lowest BCUT2D eigenvalue weighted by molar-refractivity contribution is -0.128. The summed E-state index contributed by atoms with van der Waals surface area (Å²) >= 11 is 0. The largest absolute Gasteiger partial charge is 0.381 e. The van der Waals surface area contributed by atoms with E-state index in [9.17, 15) is 4.79 Å². The number of nitrogens with one attached hydrogen (secondary N) is 1. The molecule has 0 aliphatic carbocycles. The molecule has 0 saturated carbocycles. The molecule has 1 unspecified atom stereocenters. The maximum atomic E-state index is 11.4. The number of hydrogen-bond donors (Lipinski definition) is 1. The molecule has 4 nitrogen and oxygen atoms in total. The Balaban J connectivity index is 1.93. The number of ether oxygens (including phenoxy) is 1. The summed E-state index contributed by atoms with van der Waals surface area (Å²) in [6.07, 6.45) is 3.16. The molecule has 4 heteroatoms. The first kappa shape index (κ1) is 8.97. The van der Waals surface area contributed by atoms with Crippen LogP contribution in [0.4, 0.5) is 0 Å². The second kappa shape index (κ2) is 4.07. The molecule has 0 radical (unpaired) electrons. The predicted octanol–water partition coefficient (Wildman–Crippen LogP) is -0.0552. The Morgan fingerprint density at radius 2 is 2.31 bits per heavy atom. The van der Waals surface area contributed by atoms with Crippen molar-refractivity contribution >= 4 is 5.91 Å². The maximum absolute atomic E-state index is 11.4. The third-order valence-electron chi connectivity index (χ3n) is 2.74. The van der Waals surface area contributed by atoms with Gasteiger partial charge in [0.05, 0.1) is 13.2 Å². The Morgan fingerprint density at radius 1 is 1.38 bits per heavy atom. The summed E-state index contributed by atoms with van der Waals surface area (Å²) in [5.41, 5.74) is 0. The van der Waals surface area contributed by atoms with Gasteiger partial charge < -0.3 is 9.64 Å². The lowest BCUT2D eigenvalue weighted by Crippen LogP contribution is -2.37. The summed E-state index contributed by atoms with van der Waals surface area (Å²) in [7, 11) is 0. The SMILES string of the molecule is O=C1CNCN1C1CCCOCC1. The Morgan fingerprint density at radius 3 is 3.08 bits per heavy atom. The van der Waals surface area contributed by atoms with Crippen LogP contribution in [-0.4, -0.2) is 43.3 Å². The van der Waals surface area contributed by atoms with Gasteiger partial charge in [-0.1, -0.05) is 0 Å². The van der Waals surface area contributed by atoms with Crippen molar-refractivity contribution in [2.24, 2.45) is 0 Å². The first-order valence-electron chi connectivity index (χ1n) is 4.96. The van der Waals surface area contributed by atoms with Gasteiger partial charge in [0.15, 0.2) is 0 Å². The van der Waals surface area contributed by atoms with Crippen molar-refractivity contribution < 1.29 is 9.53 Å². The molecule has 0 spiro atoms. The minimum Gasteiger partial charge on any atom is -0.381 e.